The molecule has 1 amide bonds. The van der Waals surface area contributed by atoms with Gasteiger partial charge >= 0.3 is 5.97 Å². The second-order valence-electron chi connectivity index (χ2n) is 6.63. The predicted molar refractivity (Wildman–Crippen MR) is 90.7 cm³/mol. The molecule has 130 valence electrons. The van der Waals surface area contributed by atoms with Crippen LogP contribution in [-0.4, -0.2) is 40.0 Å². The molecule has 0 aliphatic carbocycles. The standard InChI is InChI=1S/C17H21ClN2O4/c1-5-24-15(22)13-10-17(23,16(2,3)4)20(19-13)14(21)11-6-8-12(18)9-7-11/h6-9,23H,5,10H2,1-4H3/t17-/m0/s1. The topological polar surface area (TPSA) is 79.2 Å². The highest BCUT2D eigenvalue weighted by atomic mass is 35.5. The lowest BCUT2D eigenvalue weighted by Crippen LogP contribution is -2.55. The van der Waals surface area contributed by atoms with Gasteiger partial charge in [-0.3, -0.25) is 4.79 Å². The molecule has 0 radical (unpaired) electrons. The number of aliphatic hydroxyl groups is 1. The van der Waals surface area contributed by atoms with Gasteiger partial charge < -0.3 is 9.84 Å². The molecule has 1 heterocycles. The zero-order valence-electron chi connectivity index (χ0n) is 14.2. The Balaban J connectivity index is 2.42. The number of benzene rings is 1. The van der Waals surface area contributed by atoms with Gasteiger partial charge in [0.25, 0.3) is 5.91 Å². The Morgan fingerprint density at radius 3 is 2.42 bits per heavy atom. The normalized spacial score (nSPS) is 20.8. The van der Waals surface area contributed by atoms with Crippen LogP contribution in [0.4, 0.5) is 0 Å². The quantitative estimate of drug-likeness (QED) is 0.848. The molecule has 1 aliphatic rings. The third-order valence-corrected chi connectivity index (χ3v) is 4.23. The fourth-order valence-electron chi connectivity index (χ4n) is 2.39. The van der Waals surface area contributed by atoms with E-state index in [0.29, 0.717) is 10.6 Å². The highest BCUT2D eigenvalue weighted by Gasteiger charge is 2.54. The van der Waals surface area contributed by atoms with E-state index in [2.05, 4.69) is 5.10 Å². The first-order chi connectivity index (χ1) is 11.1. The maximum absolute atomic E-state index is 12.8. The van der Waals surface area contributed by atoms with Crippen LogP contribution in [0.5, 0.6) is 0 Å². The predicted octanol–water partition coefficient (Wildman–Crippen LogP) is 2.84. The van der Waals surface area contributed by atoms with Crippen LogP contribution >= 0.6 is 11.6 Å². The van der Waals surface area contributed by atoms with Crippen molar-refractivity contribution in [2.75, 3.05) is 6.61 Å². The zero-order chi connectivity index (χ0) is 18.1. The SMILES string of the molecule is CCOC(=O)C1=NN(C(=O)c2ccc(Cl)cc2)[C@@](O)(C(C)(C)C)C1. The van der Waals surface area contributed by atoms with Gasteiger partial charge in [-0.25, -0.2) is 4.79 Å². The molecule has 0 bridgehead atoms. The first-order valence-electron chi connectivity index (χ1n) is 7.67. The van der Waals surface area contributed by atoms with Gasteiger partial charge in [0, 0.05) is 22.4 Å². The maximum Gasteiger partial charge on any atom is 0.354 e. The van der Waals surface area contributed by atoms with Crippen molar-refractivity contribution in [1.82, 2.24) is 5.01 Å². The number of hydrogen-bond donors (Lipinski definition) is 1. The van der Waals surface area contributed by atoms with Gasteiger partial charge in [0.2, 0.25) is 0 Å². The molecule has 1 N–H and O–H groups in total. The summed E-state index contributed by atoms with van der Waals surface area (Å²) in [4.78, 5) is 24.8. The highest BCUT2D eigenvalue weighted by molar-refractivity contribution is 6.37. The molecule has 1 aromatic carbocycles. The van der Waals surface area contributed by atoms with Crippen LogP contribution in [0.3, 0.4) is 0 Å². The fourth-order valence-corrected chi connectivity index (χ4v) is 2.51. The summed E-state index contributed by atoms with van der Waals surface area (Å²) < 4.78 is 4.95. The number of hydrogen-bond acceptors (Lipinski definition) is 5. The van der Waals surface area contributed by atoms with Crippen molar-refractivity contribution < 1.29 is 19.4 Å². The largest absolute Gasteiger partial charge is 0.461 e. The van der Waals surface area contributed by atoms with Gasteiger partial charge in [0.05, 0.1) is 6.61 Å². The van der Waals surface area contributed by atoms with Gasteiger partial charge in [-0.1, -0.05) is 32.4 Å². The highest BCUT2D eigenvalue weighted by Crippen LogP contribution is 2.41. The second-order valence-corrected chi connectivity index (χ2v) is 7.07. The molecule has 6 nitrogen and oxygen atoms in total. The van der Waals surface area contributed by atoms with Crippen molar-refractivity contribution >= 4 is 29.2 Å². The molecule has 1 aromatic rings. The first kappa shape index (κ1) is 18.4. The zero-order valence-corrected chi connectivity index (χ0v) is 14.9. The van der Waals surface area contributed by atoms with Crippen LogP contribution < -0.4 is 0 Å². The maximum atomic E-state index is 12.8. The minimum Gasteiger partial charge on any atom is -0.461 e. The average Bonchev–Trinajstić information content (AvgIpc) is 2.87. The van der Waals surface area contributed by atoms with E-state index in [-0.39, 0.29) is 18.7 Å². The molecule has 0 unspecified atom stereocenters. The summed E-state index contributed by atoms with van der Waals surface area (Å²) in [6.07, 6.45) is -0.0886. The van der Waals surface area contributed by atoms with Crippen LogP contribution in [0.2, 0.25) is 5.02 Å². The van der Waals surface area contributed by atoms with Crippen LogP contribution in [0, 0.1) is 5.41 Å². The van der Waals surface area contributed by atoms with Crippen molar-refractivity contribution in [3.05, 3.63) is 34.9 Å². The first-order valence-corrected chi connectivity index (χ1v) is 8.05. The van der Waals surface area contributed by atoms with E-state index in [0.717, 1.165) is 5.01 Å². The number of rotatable bonds is 3. The summed E-state index contributed by atoms with van der Waals surface area (Å²) in [7, 11) is 0. The third kappa shape index (κ3) is 3.30. The summed E-state index contributed by atoms with van der Waals surface area (Å²) in [6.45, 7) is 7.20. The van der Waals surface area contributed by atoms with Gasteiger partial charge in [-0.05, 0) is 31.2 Å². The molecule has 0 fully saturated rings. The summed E-state index contributed by atoms with van der Waals surface area (Å²) in [5.74, 6) is -1.14. The van der Waals surface area contributed by atoms with Crippen molar-refractivity contribution in [1.29, 1.82) is 0 Å². The number of amides is 1. The molecule has 2 rings (SSSR count). The van der Waals surface area contributed by atoms with Crippen LogP contribution in [0.15, 0.2) is 29.4 Å². The van der Waals surface area contributed by atoms with Gasteiger partial charge in [0.1, 0.15) is 0 Å². The molecule has 0 saturated heterocycles. The van der Waals surface area contributed by atoms with Crippen LogP contribution in [0.25, 0.3) is 0 Å². The van der Waals surface area contributed by atoms with Crippen molar-refractivity contribution in [2.45, 2.75) is 39.8 Å². The van der Waals surface area contributed by atoms with Crippen molar-refractivity contribution in [3.63, 3.8) is 0 Å². The molecular formula is C17H21ClN2O4. The third-order valence-electron chi connectivity index (χ3n) is 3.98. The Bertz CT molecular complexity index is 679. The van der Waals surface area contributed by atoms with E-state index in [4.69, 9.17) is 16.3 Å². The molecule has 0 spiro atoms. The minimum atomic E-state index is -1.63. The molecular weight excluding hydrogens is 332 g/mol. The molecule has 0 saturated carbocycles. The van der Waals surface area contributed by atoms with E-state index in [1.54, 1.807) is 52.0 Å². The number of carbonyl (C=O) groups is 2. The van der Waals surface area contributed by atoms with Crippen molar-refractivity contribution in [2.24, 2.45) is 10.5 Å². The van der Waals surface area contributed by atoms with E-state index in [1.807, 2.05) is 0 Å². The molecule has 1 aliphatic heterocycles. The van der Waals surface area contributed by atoms with E-state index in [9.17, 15) is 14.7 Å². The number of nitrogens with zero attached hydrogens (tertiary/aromatic N) is 2. The number of halogens is 1. The summed E-state index contributed by atoms with van der Waals surface area (Å²) >= 11 is 5.84. The lowest BCUT2D eigenvalue weighted by atomic mass is 9.80. The average molecular weight is 353 g/mol. The number of hydrazone groups is 1. The van der Waals surface area contributed by atoms with Gasteiger partial charge in [0.15, 0.2) is 11.4 Å². The van der Waals surface area contributed by atoms with Crippen LogP contribution in [0.1, 0.15) is 44.5 Å². The van der Waals surface area contributed by atoms with Crippen LogP contribution in [-0.2, 0) is 9.53 Å². The van der Waals surface area contributed by atoms with E-state index < -0.39 is 23.0 Å². The van der Waals surface area contributed by atoms with E-state index >= 15 is 0 Å². The number of ether oxygens (including phenoxy) is 1. The summed E-state index contributed by atoms with van der Waals surface area (Å²) in [5, 5.41) is 16.7. The summed E-state index contributed by atoms with van der Waals surface area (Å²) in [5.41, 5.74) is -2.02. The smallest absolute Gasteiger partial charge is 0.354 e. The summed E-state index contributed by atoms with van der Waals surface area (Å²) in [6, 6.07) is 6.26. The van der Waals surface area contributed by atoms with Gasteiger partial charge in [-0.15, -0.1) is 0 Å². The monoisotopic (exact) mass is 352 g/mol. The van der Waals surface area contributed by atoms with Gasteiger partial charge in [-0.2, -0.15) is 10.1 Å². The number of esters is 1. The Labute approximate surface area is 146 Å². The Morgan fingerprint density at radius 1 is 1.33 bits per heavy atom. The molecule has 0 aromatic heterocycles. The molecule has 1 atom stereocenters. The molecule has 24 heavy (non-hydrogen) atoms. The lowest BCUT2D eigenvalue weighted by Gasteiger charge is -2.41. The fraction of sp³-hybridized carbons (Fsp3) is 0.471. The second kappa shape index (κ2) is 6.53. The Kier molecular flexibility index (Phi) is 5.01. The molecule has 7 heteroatoms. The Hall–Kier alpha value is -1.92. The van der Waals surface area contributed by atoms with E-state index in [1.165, 1.54) is 0 Å². The minimum absolute atomic E-state index is 0.0246. The Morgan fingerprint density at radius 2 is 1.92 bits per heavy atom. The van der Waals surface area contributed by atoms with Crippen molar-refractivity contribution in [3.8, 4) is 0 Å². The number of carbonyl (C=O) groups excluding carboxylic acids is 2. The lowest BCUT2D eigenvalue weighted by molar-refractivity contribution is -0.144.